The molecule has 0 spiro atoms. The summed E-state index contributed by atoms with van der Waals surface area (Å²) in [6.45, 7) is 4.40. The van der Waals surface area contributed by atoms with Crippen molar-refractivity contribution in [2.24, 2.45) is 0 Å². The second-order valence-corrected chi connectivity index (χ2v) is 23.1. The highest BCUT2D eigenvalue weighted by atomic mass is 15.0. The molecule has 87 heavy (non-hydrogen) atoms. The van der Waals surface area contributed by atoms with Crippen LogP contribution in [0.4, 0.5) is 0 Å². The summed E-state index contributed by atoms with van der Waals surface area (Å²) in [6.07, 6.45) is 4.58. The lowest BCUT2D eigenvalue weighted by Gasteiger charge is -2.36. The van der Waals surface area contributed by atoms with E-state index in [0.29, 0.717) is 0 Å². The average Bonchev–Trinajstić information content (AvgIpc) is 1.59. The van der Waals surface area contributed by atoms with Crippen LogP contribution in [-0.2, 0) is 5.41 Å². The molecule has 1 aliphatic carbocycles. The highest BCUT2D eigenvalue weighted by Gasteiger charge is 2.47. The number of para-hydroxylation sites is 3. The molecule has 0 saturated carbocycles. The summed E-state index contributed by atoms with van der Waals surface area (Å²) in [5.41, 5.74) is 28.6. The Morgan fingerprint density at radius 3 is 1.25 bits per heavy atom. The summed E-state index contributed by atoms with van der Waals surface area (Å²) >= 11 is 0. The summed E-state index contributed by atoms with van der Waals surface area (Å²) in [5.74, 6) is 0. The fraction of sp³-hybridized carbons (Fsp3) is 0.0353. The fourth-order valence-electron chi connectivity index (χ4n) is 14.3. The van der Waals surface area contributed by atoms with Gasteiger partial charge >= 0.3 is 0 Å². The lowest BCUT2D eigenvalue weighted by molar-refractivity contribution is 0.765. The van der Waals surface area contributed by atoms with Crippen LogP contribution < -0.4 is 0 Å². The van der Waals surface area contributed by atoms with Gasteiger partial charge in [0.2, 0.25) is 0 Å². The van der Waals surface area contributed by atoms with E-state index in [1.54, 1.807) is 0 Å². The molecule has 0 bridgehead atoms. The van der Waals surface area contributed by atoms with Crippen molar-refractivity contribution >= 4 is 54.8 Å². The second kappa shape index (κ2) is 21.2. The van der Waals surface area contributed by atoms with E-state index in [-0.39, 0.29) is 0 Å². The molecule has 13 aromatic carbocycles. The number of nitrogens with zero attached hydrogens (tertiary/aromatic N) is 2. The van der Waals surface area contributed by atoms with Gasteiger partial charge < -0.3 is 9.13 Å². The van der Waals surface area contributed by atoms with Crippen LogP contribution in [0.25, 0.3) is 122 Å². The van der Waals surface area contributed by atoms with Crippen LogP contribution in [0.15, 0.2) is 328 Å². The van der Waals surface area contributed by atoms with Crippen molar-refractivity contribution in [1.29, 1.82) is 0 Å². The number of aromatic nitrogens is 2. The Labute approximate surface area is 508 Å². The van der Waals surface area contributed by atoms with E-state index in [1.165, 1.54) is 149 Å². The highest BCUT2D eigenvalue weighted by molar-refractivity contribution is 6.13. The standard InChI is InChI=1S/C85H60N2/c1-3-58(59-21-6-4-7-22-59)53-57(2)71-27-10-15-32-78(71)85(79-33-16-11-28-72(79)73-29-12-17-34-80(73)85)68-24-20-23-65(54-68)64-43-41-61(42-44-64)60-37-39-62(40-38-60)63-45-49-70(50-46-63)87-82-36-19-14-31-75(82)77-56-67(48-52-84(77)87)66-47-51-83-76(55-66)74-30-13-18-35-81(74)86(83)69-25-8-5-9-26-69/h3-56H,1-2H3/b57-53+,58-3+. The molecule has 0 amide bonds. The first-order valence-electron chi connectivity index (χ1n) is 30.3. The van der Waals surface area contributed by atoms with Crippen molar-refractivity contribution in [3.8, 4) is 67.0 Å². The van der Waals surface area contributed by atoms with E-state index in [4.69, 9.17) is 0 Å². The topological polar surface area (TPSA) is 9.86 Å². The predicted molar refractivity (Wildman–Crippen MR) is 368 cm³/mol. The minimum atomic E-state index is -0.568. The highest BCUT2D eigenvalue weighted by Crippen LogP contribution is 2.58. The zero-order chi connectivity index (χ0) is 58.0. The Balaban J connectivity index is 0.689. The van der Waals surface area contributed by atoms with E-state index in [0.717, 1.165) is 5.69 Å². The molecule has 2 heterocycles. The van der Waals surface area contributed by atoms with Crippen LogP contribution in [0.2, 0.25) is 0 Å². The molecule has 0 unspecified atom stereocenters. The molecule has 0 saturated heterocycles. The molecule has 1 aliphatic rings. The molecule has 15 aromatic rings. The first-order chi connectivity index (χ1) is 43.0. The molecule has 2 heteroatoms. The zero-order valence-corrected chi connectivity index (χ0v) is 48.6. The lowest BCUT2D eigenvalue weighted by atomic mass is 9.65. The Morgan fingerprint density at radius 1 is 0.310 bits per heavy atom. The van der Waals surface area contributed by atoms with Crippen molar-refractivity contribution in [2.45, 2.75) is 19.3 Å². The van der Waals surface area contributed by atoms with Crippen LogP contribution in [0, 0.1) is 0 Å². The normalized spacial score (nSPS) is 12.9. The minimum Gasteiger partial charge on any atom is -0.309 e. The Kier molecular flexibility index (Phi) is 12.6. The molecule has 0 aliphatic heterocycles. The van der Waals surface area contributed by atoms with Crippen LogP contribution in [0.5, 0.6) is 0 Å². The Hall–Kier alpha value is -11.1. The maximum Gasteiger partial charge on any atom is 0.0719 e. The van der Waals surface area contributed by atoms with E-state index in [2.05, 4.69) is 351 Å². The third-order valence-corrected chi connectivity index (χ3v) is 18.4. The van der Waals surface area contributed by atoms with E-state index in [1.807, 2.05) is 0 Å². The molecule has 2 aromatic heterocycles. The SMILES string of the molecule is C/C=C(\C=C(/C)c1ccccc1C1(c2cccc(-c3ccc(-c4ccc(-c5ccc(-n6c7ccccc7c7cc(-c8ccc9c(c8)c8ccccc8n9-c8ccccc8)ccc76)cc5)cc4)cc3)c2)c2ccccc2-c2ccccc21)c1ccccc1. The van der Waals surface area contributed by atoms with E-state index >= 15 is 0 Å². The van der Waals surface area contributed by atoms with Crippen molar-refractivity contribution < 1.29 is 0 Å². The van der Waals surface area contributed by atoms with Gasteiger partial charge in [-0.05, 0) is 181 Å². The largest absolute Gasteiger partial charge is 0.309 e. The van der Waals surface area contributed by atoms with Gasteiger partial charge in [-0.1, -0.05) is 261 Å². The van der Waals surface area contributed by atoms with Gasteiger partial charge in [0.25, 0.3) is 0 Å². The van der Waals surface area contributed by atoms with Gasteiger partial charge in [0, 0.05) is 32.9 Å². The van der Waals surface area contributed by atoms with Gasteiger partial charge in [-0.3, -0.25) is 0 Å². The van der Waals surface area contributed by atoms with E-state index in [9.17, 15) is 0 Å². The molecule has 0 atom stereocenters. The van der Waals surface area contributed by atoms with Crippen molar-refractivity contribution in [3.05, 3.63) is 361 Å². The predicted octanol–water partition coefficient (Wildman–Crippen LogP) is 22.4. The maximum atomic E-state index is 2.44. The third kappa shape index (κ3) is 8.55. The summed E-state index contributed by atoms with van der Waals surface area (Å²) < 4.78 is 4.79. The number of benzene rings is 13. The molecular weight excluding hydrogens is 1050 g/mol. The van der Waals surface area contributed by atoms with Gasteiger partial charge in [-0.2, -0.15) is 0 Å². The average molecular weight is 1110 g/mol. The van der Waals surface area contributed by atoms with Crippen LogP contribution in [-0.4, -0.2) is 9.13 Å². The number of hydrogen-bond donors (Lipinski definition) is 0. The molecule has 0 N–H and O–H groups in total. The molecule has 0 radical (unpaired) electrons. The first kappa shape index (κ1) is 51.6. The third-order valence-electron chi connectivity index (χ3n) is 18.4. The molecule has 410 valence electrons. The van der Waals surface area contributed by atoms with Crippen molar-refractivity contribution in [2.75, 3.05) is 0 Å². The van der Waals surface area contributed by atoms with Gasteiger partial charge in [0.1, 0.15) is 0 Å². The fourth-order valence-corrected chi connectivity index (χ4v) is 14.3. The molecule has 2 nitrogen and oxygen atoms in total. The summed E-state index contributed by atoms with van der Waals surface area (Å²) in [7, 11) is 0. The maximum absolute atomic E-state index is 2.44. The lowest BCUT2D eigenvalue weighted by Crippen LogP contribution is -2.30. The van der Waals surface area contributed by atoms with Gasteiger partial charge in [0.05, 0.1) is 27.5 Å². The smallest absolute Gasteiger partial charge is 0.0719 e. The van der Waals surface area contributed by atoms with Crippen LogP contribution in [0.3, 0.4) is 0 Å². The Bertz CT molecular complexity index is 5140. The summed E-state index contributed by atoms with van der Waals surface area (Å²) in [4.78, 5) is 0. The summed E-state index contributed by atoms with van der Waals surface area (Å²) in [5, 5.41) is 4.99. The number of rotatable bonds is 11. The number of hydrogen-bond acceptors (Lipinski definition) is 0. The van der Waals surface area contributed by atoms with Crippen molar-refractivity contribution in [3.63, 3.8) is 0 Å². The van der Waals surface area contributed by atoms with E-state index < -0.39 is 5.41 Å². The van der Waals surface area contributed by atoms with Crippen LogP contribution in [0.1, 0.15) is 47.2 Å². The van der Waals surface area contributed by atoms with Crippen LogP contribution >= 0.6 is 0 Å². The minimum absolute atomic E-state index is 0.568. The molecule has 16 rings (SSSR count). The number of allylic oxidation sites excluding steroid dienone is 4. The summed E-state index contributed by atoms with van der Waals surface area (Å²) in [6, 6.07) is 117. The first-order valence-corrected chi connectivity index (χ1v) is 30.3. The van der Waals surface area contributed by atoms with Gasteiger partial charge in [0.15, 0.2) is 0 Å². The van der Waals surface area contributed by atoms with Gasteiger partial charge in [-0.25, -0.2) is 0 Å². The molecular formula is C85H60N2. The second-order valence-electron chi connectivity index (χ2n) is 23.1. The quantitative estimate of drug-likeness (QED) is 0.114. The van der Waals surface area contributed by atoms with Crippen molar-refractivity contribution in [1.82, 2.24) is 9.13 Å². The zero-order valence-electron chi connectivity index (χ0n) is 48.6. The Morgan fingerprint density at radius 2 is 0.713 bits per heavy atom. The molecule has 0 fully saturated rings. The number of fused-ring (bicyclic) bond motifs is 9. The van der Waals surface area contributed by atoms with Gasteiger partial charge in [-0.15, -0.1) is 0 Å². The monoisotopic (exact) mass is 1110 g/mol.